The molecule has 0 spiro atoms. The highest BCUT2D eigenvalue weighted by molar-refractivity contribution is 8.00. The van der Waals surface area contributed by atoms with Gasteiger partial charge in [0, 0.05) is 22.0 Å². The van der Waals surface area contributed by atoms with E-state index in [1.807, 2.05) is 45.0 Å². The molecule has 0 saturated carbocycles. The minimum absolute atomic E-state index is 0.0614. The zero-order valence-corrected chi connectivity index (χ0v) is 19.1. The molecule has 0 saturated heterocycles. The molecule has 0 radical (unpaired) electrons. The Bertz CT molecular complexity index is 1180. The summed E-state index contributed by atoms with van der Waals surface area (Å²) < 4.78 is 0. The zero-order chi connectivity index (χ0) is 22.1. The average Bonchev–Trinajstić information content (AvgIpc) is 2.72. The van der Waals surface area contributed by atoms with Crippen molar-refractivity contribution in [3.05, 3.63) is 81.5 Å². The SMILES string of the molecule is Cc1cc(C)c2c(n1)SCC(=O)N2Cc1ccc(C(=O)Nc2ccc(Cl)cc2C)cc1. The first-order valence-corrected chi connectivity index (χ1v) is 11.3. The van der Waals surface area contributed by atoms with Crippen molar-refractivity contribution in [2.24, 2.45) is 0 Å². The summed E-state index contributed by atoms with van der Waals surface area (Å²) in [5.74, 6) is 0.249. The molecule has 2 aromatic carbocycles. The zero-order valence-electron chi connectivity index (χ0n) is 17.5. The van der Waals surface area contributed by atoms with E-state index in [9.17, 15) is 9.59 Å². The molecule has 31 heavy (non-hydrogen) atoms. The van der Waals surface area contributed by atoms with Crippen molar-refractivity contribution in [3.63, 3.8) is 0 Å². The van der Waals surface area contributed by atoms with Crippen LogP contribution in [0.1, 0.15) is 32.7 Å². The molecule has 5 nitrogen and oxygen atoms in total. The van der Waals surface area contributed by atoms with Crippen LogP contribution in [-0.4, -0.2) is 22.6 Å². The lowest BCUT2D eigenvalue weighted by Crippen LogP contribution is -2.35. The van der Waals surface area contributed by atoms with E-state index < -0.39 is 0 Å². The molecule has 4 rings (SSSR count). The number of fused-ring (bicyclic) bond motifs is 1. The van der Waals surface area contributed by atoms with Gasteiger partial charge in [-0.05, 0) is 73.9 Å². The predicted molar refractivity (Wildman–Crippen MR) is 126 cm³/mol. The standard InChI is InChI=1S/C24H22ClN3O2S/c1-14-11-19(25)8-9-20(14)27-23(30)18-6-4-17(5-7-18)12-28-21(29)13-31-24-22(28)15(2)10-16(3)26-24/h4-11H,12-13H2,1-3H3,(H,27,30). The van der Waals surface area contributed by atoms with Crippen molar-refractivity contribution < 1.29 is 9.59 Å². The molecule has 2 amide bonds. The predicted octanol–water partition coefficient (Wildman–Crippen LogP) is 5.55. The Labute approximate surface area is 190 Å². The fourth-order valence-corrected chi connectivity index (χ4v) is 4.89. The molecule has 0 atom stereocenters. The summed E-state index contributed by atoms with van der Waals surface area (Å²) in [6.07, 6.45) is 0. The summed E-state index contributed by atoms with van der Waals surface area (Å²) in [7, 11) is 0. The van der Waals surface area contributed by atoms with E-state index in [2.05, 4.69) is 10.3 Å². The highest BCUT2D eigenvalue weighted by atomic mass is 35.5. The minimum Gasteiger partial charge on any atom is -0.322 e. The van der Waals surface area contributed by atoms with Crippen molar-refractivity contribution in [2.45, 2.75) is 32.3 Å². The van der Waals surface area contributed by atoms with Gasteiger partial charge in [-0.2, -0.15) is 0 Å². The van der Waals surface area contributed by atoms with Gasteiger partial charge in [0.1, 0.15) is 5.03 Å². The number of aryl methyl sites for hydroxylation is 3. The van der Waals surface area contributed by atoms with E-state index in [4.69, 9.17) is 11.6 Å². The number of hydrogen-bond donors (Lipinski definition) is 1. The van der Waals surface area contributed by atoms with Gasteiger partial charge in [0.2, 0.25) is 5.91 Å². The van der Waals surface area contributed by atoms with Gasteiger partial charge < -0.3 is 10.2 Å². The number of nitrogens with zero attached hydrogens (tertiary/aromatic N) is 2. The molecule has 1 aliphatic rings. The van der Waals surface area contributed by atoms with Gasteiger partial charge in [-0.3, -0.25) is 9.59 Å². The normalized spacial score (nSPS) is 13.2. The number of anilines is 2. The van der Waals surface area contributed by atoms with E-state index in [1.54, 1.807) is 29.2 Å². The minimum atomic E-state index is -0.191. The first-order chi connectivity index (χ1) is 14.8. The highest BCUT2D eigenvalue weighted by Crippen LogP contribution is 2.37. The monoisotopic (exact) mass is 451 g/mol. The third kappa shape index (κ3) is 4.60. The highest BCUT2D eigenvalue weighted by Gasteiger charge is 2.27. The van der Waals surface area contributed by atoms with Crippen LogP contribution in [0.2, 0.25) is 5.02 Å². The molecule has 0 bridgehead atoms. The molecular weight excluding hydrogens is 430 g/mol. The van der Waals surface area contributed by atoms with E-state index in [0.29, 0.717) is 22.9 Å². The van der Waals surface area contributed by atoms with Crippen LogP contribution in [0.3, 0.4) is 0 Å². The number of pyridine rings is 1. The lowest BCUT2D eigenvalue weighted by molar-refractivity contribution is -0.116. The van der Waals surface area contributed by atoms with Crippen molar-refractivity contribution in [1.29, 1.82) is 0 Å². The number of thioether (sulfide) groups is 1. The second kappa shape index (κ2) is 8.73. The van der Waals surface area contributed by atoms with Crippen LogP contribution < -0.4 is 10.2 Å². The summed E-state index contributed by atoms with van der Waals surface area (Å²) in [6.45, 7) is 6.31. The maximum atomic E-state index is 12.6. The topological polar surface area (TPSA) is 62.3 Å². The molecule has 1 N–H and O–H groups in total. The maximum Gasteiger partial charge on any atom is 0.255 e. The third-order valence-electron chi connectivity index (χ3n) is 5.18. The summed E-state index contributed by atoms with van der Waals surface area (Å²) in [4.78, 5) is 31.7. The smallest absolute Gasteiger partial charge is 0.255 e. The van der Waals surface area contributed by atoms with Gasteiger partial charge >= 0.3 is 0 Å². The molecule has 3 aromatic rings. The van der Waals surface area contributed by atoms with Crippen molar-refractivity contribution in [1.82, 2.24) is 4.98 Å². The van der Waals surface area contributed by atoms with Crippen molar-refractivity contribution in [3.8, 4) is 0 Å². The Morgan fingerprint density at radius 3 is 2.55 bits per heavy atom. The Morgan fingerprint density at radius 1 is 1.10 bits per heavy atom. The number of benzene rings is 2. The second-order valence-corrected chi connectivity index (χ2v) is 9.01. The Balaban J connectivity index is 1.52. The van der Waals surface area contributed by atoms with Crippen LogP contribution in [0.4, 0.5) is 11.4 Å². The molecule has 2 heterocycles. The van der Waals surface area contributed by atoms with Gasteiger partial charge in [-0.15, -0.1) is 0 Å². The first kappa shape index (κ1) is 21.4. The third-order valence-corrected chi connectivity index (χ3v) is 6.36. The number of carbonyl (C=O) groups is 2. The summed E-state index contributed by atoms with van der Waals surface area (Å²) in [5, 5.41) is 4.44. The lowest BCUT2D eigenvalue weighted by atomic mass is 10.1. The van der Waals surface area contributed by atoms with Crippen LogP contribution in [0.15, 0.2) is 53.6 Å². The largest absolute Gasteiger partial charge is 0.322 e. The number of amides is 2. The Kier molecular flexibility index (Phi) is 6.03. The van der Waals surface area contributed by atoms with E-state index >= 15 is 0 Å². The molecule has 0 unspecified atom stereocenters. The molecule has 158 valence electrons. The van der Waals surface area contributed by atoms with Crippen LogP contribution in [0.25, 0.3) is 0 Å². The molecule has 0 aliphatic carbocycles. The fraction of sp³-hybridized carbons (Fsp3) is 0.208. The van der Waals surface area contributed by atoms with Crippen LogP contribution >= 0.6 is 23.4 Å². The van der Waals surface area contributed by atoms with Crippen LogP contribution in [0.5, 0.6) is 0 Å². The number of rotatable bonds is 4. The summed E-state index contributed by atoms with van der Waals surface area (Å²) in [5.41, 5.74) is 5.99. The molecular formula is C24H22ClN3O2S. The number of aromatic nitrogens is 1. The molecule has 1 aliphatic heterocycles. The quantitative estimate of drug-likeness (QED) is 0.564. The van der Waals surface area contributed by atoms with Gasteiger partial charge in [0.05, 0.1) is 18.0 Å². The van der Waals surface area contributed by atoms with Gasteiger partial charge in [-0.25, -0.2) is 4.98 Å². The molecule has 0 fully saturated rings. The van der Waals surface area contributed by atoms with E-state index in [1.165, 1.54) is 11.8 Å². The number of hydrogen-bond acceptors (Lipinski definition) is 4. The summed E-state index contributed by atoms with van der Waals surface area (Å²) >= 11 is 7.47. The summed E-state index contributed by atoms with van der Waals surface area (Å²) in [6, 6.07) is 14.7. The maximum absolute atomic E-state index is 12.6. The van der Waals surface area contributed by atoms with E-state index in [-0.39, 0.29) is 11.8 Å². The van der Waals surface area contributed by atoms with Crippen molar-refractivity contribution >= 4 is 46.6 Å². The molecule has 1 aromatic heterocycles. The van der Waals surface area contributed by atoms with Gasteiger partial charge in [-0.1, -0.05) is 35.5 Å². The van der Waals surface area contributed by atoms with Crippen LogP contribution in [0, 0.1) is 20.8 Å². The number of carbonyl (C=O) groups excluding carboxylic acids is 2. The second-order valence-electron chi connectivity index (χ2n) is 7.61. The van der Waals surface area contributed by atoms with Crippen molar-refractivity contribution in [2.75, 3.05) is 16.0 Å². The molecule has 7 heteroatoms. The van der Waals surface area contributed by atoms with Gasteiger partial charge in [0.25, 0.3) is 5.91 Å². The fourth-order valence-electron chi connectivity index (χ4n) is 3.63. The first-order valence-electron chi connectivity index (χ1n) is 9.89. The lowest BCUT2D eigenvalue weighted by Gasteiger charge is -2.30. The number of halogens is 1. The Hall–Kier alpha value is -2.83. The Morgan fingerprint density at radius 2 is 1.84 bits per heavy atom. The number of nitrogens with one attached hydrogen (secondary N) is 1. The van der Waals surface area contributed by atoms with E-state index in [0.717, 1.165) is 38.8 Å². The van der Waals surface area contributed by atoms with Gasteiger partial charge in [0.15, 0.2) is 0 Å². The van der Waals surface area contributed by atoms with Crippen LogP contribution in [-0.2, 0) is 11.3 Å². The average molecular weight is 452 g/mol.